The summed E-state index contributed by atoms with van der Waals surface area (Å²) in [5.74, 6) is -1.05. The van der Waals surface area contributed by atoms with Gasteiger partial charge in [0.2, 0.25) is 0 Å². The molecule has 0 aliphatic heterocycles. The Hall–Kier alpha value is -1.53. The summed E-state index contributed by atoms with van der Waals surface area (Å²) < 4.78 is 0.989. The van der Waals surface area contributed by atoms with Crippen molar-refractivity contribution in [1.29, 1.82) is 0 Å². The maximum atomic E-state index is 10.9. The van der Waals surface area contributed by atoms with Gasteiger partial charge in [-0.3, -0.25) is 0 Å². The molecule has 0 radical (unpaired) electrons. The highest BCUT2D eigenvalue weighted by Crippen LogP contribution is 2.28. The number of nitrogen functional groups attached to an aromatic ring is 1. The summed E-state index contributed by atoms with van der Waals surface area (Å²) >= 11 is 4.74. The smallest absolute Gasteiger partial charge is 0.337 e. The highest BCUT2D eigenvalue weighted by Gasteiger charge is 2.10. The van der Waals surface area contributed by atoms with Gasteiger partial charge >= 0.3 is 5.97 Å². The van der Waals surface area contributed by atoms with Gasteiger partial charge in [-0.2, -0.15) is 0 Å². The fraction of sp³-hybridized carbons (Fsp3) is 0. The average Bonchev–Trinajstić information content (AvgIpc) is 2.34. The van der Waals surface area contributed by atoms with Gasteiger partial charge in [0.15, 0.2) is 0 Å². The van der Waals surface area contributed by atoms with Crippen LogP contribution in [0, 0.1) is 0 Å². The molecular weight excluding hydrogens is 316 g/mol. The number of hydrogen-bond donors (Lipinski definition) is 2. The van der Waals surface area contributed by atoms with Crippen molar-refractivity contribution in [2.45, 2.75) is 9.92 Å². The molecule has 18 heavy (non-hydrogen) atoms. The van der Waals surface area contributed by atoms with Crippen molar-refractivity contribution in [2.24, 2.45) is 0 Å². The Morgan fingerprint density at radius 3 is 2.61 bits per heavy atom. The lowest BCUT2D eigenvalue weighted by Crippen LogP contribution is -2.03. The van der Waals surface area contributed by atoms with Gasteiger partial charge in [-0.25, -0.2) is 9.78 Å². The molecule has 0 saturated carbocycles. The molecule has 1 aromatic heterocycles. The van der Waals surface area contributed by atoms with Crippen LogP contribution < -0.4 is 5.73 Å². The Kier molecular flexibility index (Phi) is 3.88. The van der Waals surface area contributed by atoms with E-state index in [0.717, 1.165) is 9.37 Å². The number of benzene rings is 1. The number of anilines is 1. The van der Waals surface area contributed by atoms with Gasteiger partial charge in [0.1, 0.15) is 5.03 Å². The number of carbonyl (C=O) groups is 1. The molecule has 0 aliphatic carbocycles. The zero-order chi connectivity index (χ0) is 13.1. The van der Waals surface area contributed by atoms with E-state index in [-0.39, 0.29) is 11.3 Å². The van der Waals surface area contributed by atoms with Gasteiger partial charge in [-0.05, 0) is 30.3 Å². The van der Waals surface area contributed by atoms with E-state index < -0.39 is 5.97 Å². The summed E-state index contributed by atoms with van der Waals surface area (Å²) in [6, 6.07) is 9.15. The van der Waals surface area contributed by atoms with Gasteiger partial charge in [-0.15, -0.1) is 0 Å². The molecule has 2 rings (SSSR count). The van der Waals surface area contributed by atoms with Crippen molar-refractivity contribution < 1.29 is 9.90 Å². The number of carboxylic acids is 1. The van der Waals surface area contributed by atoms with Gasteiger partial charge in [0.05, 0.1) is 17.4 Å². The average molecular weight is 325 g/mol. The first-order valence-corrected chi connectivity index (χ1v) is 6.59. The fourth-order valence-electron chi connectivity index (χ4n) is 1.31. The molecule has 1 aromatic carbocycles. The van der Waals surface area contributed by atoms with Crippen molar-refractivity contribution in [3.63, 3.8) is 0 Å². The Morgan fingerprint density at radius 1 is 1.33 bits per heavy atom. The molecule has 0 atom stereocenters. The topological polar surface area (TPSA) is 76.2 Å². The van der Waals surface area contributed by atoms with Crippen LogP contribution in [0.15, 0.2) is 50.9 Å². The molecule has 0 fully saturated rings. The maximum absolute atomic E-state index is 10.9. The highest BCUT2D eigenvalue weighted by molar-refractivity contribution is 9.10. The van der Waals surface area contributed by atoms with E-state index in [4.69, 9.17) is 10.8 Å². The number of halogens is 1. The van der Waals surface area contributed by atoms with Gasteiger partial charge in [0, 0.05) is 9.37 Å². The lowest BCUT2D eigenvalue weighted by molar-refractivity contribution is 0.0697. The van der Waals surface area contributed by atoms with Gasteiger partial charge < -0.3 is 10.8 Å². The van der Waals surface area contributed by atoms with E-state index in [1.807, 2.05) is 24.3 Å². The van der Waals surface area contributed by atoms with Gasteiger partial charge in [0.25, 0.3) is 0 Å². The monoisotopic (exact) mass is 324 g/mol. The lowest BCUT2D eigenvalue weighted by atomic mass is 10.2. The summed E-state index contributed by atoms with van der Waals surface area (Å²) in [6.07, 6.45) is 1.37. The number of carboxylic acid groups (broad SMARTS) is 1. The normalized spacial score (nSPS) is 10.3. The van der Waals surface area contributed by atoms with Crippen molar-refractivity contribution in [3.05, 3.63) is 46.6 Å². The second-order valence-corrected chi connectivity index (χ2v) is 5.48. The third-order valence-electron chi connectivity index (χ3n) is 2.18. The summed E-state index contributed by atoms with van der Waals surface area (Å²) in [4.78, 5) is 16.0. The number of aromatic carboxylic acids is 1. The molecule has 0 amide bonds. The van der Waals surface area contributed by atoms with E-state index in [1.54, 1.807) is 0 Å². The molecule has 6 heteroatoms. The molecular formula is C12H9BrN2O2S. The van der Waals surface area contributed by atoms with Crippen LogP contribution in [0.4, 0.5) is 5.69 Å². The first kappa shape index (κ1) is 12.9. The van der Waals surface area contributed by atoms with Crippen molar-refractivity contribution >= 4 is 39.3 Å². The number of nitrogens with zero attached hydrogens (tertiary/aromatic N) is 1. The van der Waals surface area contributed by atoms with Gasteiger partial charge in [-0.1, -0.05) is 27.7 Å². The van der Waals surface area contributed by atoms with Crippen molar-refractivity contribution in [3.8, 4) is 0 Å². The minimum atomic E-state index is -1.05. The predicted octanol–water partition coefficient (Wildman–Crippen LogP) is 3.28. The van der Waals surface area contributed by atoms with Crippen molar-refractivity contribution in [1.82, 2.24) is 4.98 Å². The molecule has 0 bridgehead atoms. The van der Waals surface area contributed by atoms with Crippen LogP contribution in [-0.2, 0) is 0 Å². The summed E-state index contributed by atoms with van der Waals surface area (Å²) in [6.45, 7) is 0. The minimum absolute atomic E-state index is 0.0737. The lowest BCUT2D eigenvalue weighted by Gasteiger charge is -2.04. The first-order chi connectivity index (χ1) is 8.56. The minimum Gasteiger partial charge on any atom is -0.478 e. The van der Waals surface area contributed by atoms with E-state index in [0.29, 0.717) is 5.03 Å². The van der Waals surface area contributed by atoms with Crippen LogP contribution in [0.2, 0.25) is 0 Å². The van der Waals surface area contributed by atoms with Crippen LogP contribution in [0.3, 0.4) is 0 Å². The predicted molar refractivity (Wildman–Crippen MR) is 73.9 cm³/mol. The summed E-state index contributed by atoms with van der Waals surface area (Å²) in [5, 5.41) is 9.57. The van der Waals surface area contributed by atoms with E-state index >= 15 is 0 Å². The number of pyridine rings is 1. The SMILES string of the molecule is Nc1cnc(Sc2ccc(Br)cc2)cc1C(=O)O. The summed E-state index contributed by atoms with van der Waals surface area (Å²) in [7, 11) is 0. The molecule has 0 spiro atoms. The van der Waals surface area contributed by atoms with Crippen molar-refractivity contribution in [2.75, 3.05) is 5.73 Å². The maximum Gasteiger partial charge on any atom is 0.337 e. The second-order valence-electron chi connectivity index (χ2n) is 3.47. The standard InChI is InChI=1S/C12H9BrN2O2S/c13-7-1-3-8(4-2-7)18-11-5-9(12(16)17)10(14)6-15-11/h1-6H,14H2,(H,16,17). The largest absolute Gasteiger partial charge is 0.478 e. The fourth-order valence-corrected chi connectivity index (χ4v) is 2.37. The van der Waals surface area contributed by atoms with Crippen LogP contribution in [0.25, 0.3) is 0 Å². The molecule has 1 heterocycles. The molecule has 92 valence electrons. The Morgan fingerprint density at radius 2 is 2.00 bits per heavy atom. The second kappa shape index (κ2) is 5.41. The molecule has 0 aliphatic rings. The number of nitrogens with two attached hydrogens (primary N) is 1. The highest BCUT2D eigenvalue weighted by atomic mass is 79.9. The molecule has 4 nitrogen and oxygen atoms in total. The Balaban J connectivity index is 2.27. The zero-order valence-electron chi connectivity index (χ0n) is 9.13. The van der Waals surface area contributed by atoms with E-state index in [1.165, 1.54) is 24.0 Å². The number of aromatic nitrogens is 1. The van der Waals surface area contributed by atoms with Crippen LogP contribution in [0.1, 0.15) is 10.4 Å². The number of hydrogen-bond acceptors (Lipinski definition) is 4. The molecule has 3 N–H and O–H groups in total. The Labute approximate surface area is 116 Å². The van der Waals surface area contributed by atoms with Crippen LogP contribution in [-0.4, -0.2) is 16.1 Å². The van der Waals surface area contributed by atoms with Crippen LogP contribution >= 0.6 is 27.7 Å². The third kappa shape index (κ3) is 3.02. The zero-order valence-corrected chi connectivity index (χ0v) is 11.5. The van der Waals surface area contributed by atoms with Crippen LogP contribution in [0.5, 0.6) is 0 Å². The number of rotatable bonds is 3. The van der Waals surface area contributed by atoms with E-state index in [9.17, 15) is 4.79 Å². The third-order valence-corrected chi connectivity index (χ3v) is 3.65. The summed E-state index contributed by atoms with van der Waals surface area (Å²) in [5.41, 5.74) is 5.79. The molecule has 2 aromatic rings. The molecule has 0 unspecified atom stereocenters. The quantitative estimate of drug-likeness (QED) is 0.906. The Bertz CT molecular complexity index is 587. The van der Waals surface area contributed by atoms with E-state index in [2.05, 4.69) is 20.9 Å². The first-order valence-electron chi connectivity index (χ1n) is 4.98. The molecule has 0 saturated heterocycles.